The van der Waals surface area contributed by atoms with Crippen molar-refractivity contribution in [3.05, 3.63) is 12.2 Å². The molecule has 1 N–H and O–H groups in total. The highest BCUT2D eigenvalue weighted by atomic mass is 15.3. The van der Waals surface area contributed by atoms with E-state index in [1.54, 1.807) is 6.33 Å². The summed E-state index contributed by atoms with van der Waals surface area (Å²) in [5.74, 6) is 1.10. The van der Waals surface area contributed by atoms with Crippen LogP contribution in [0.5, 0.6) is 0 Å². The van der Waals surface area contributed by atoms with Gasteiger partial charge in [0.25, 0.3) is 0 Å². The number of hydrogen-bond acceptors (Lipinski definition) is 4. The summed E-state index contributed by atoms with van der Waals surface area (Å²) in [6.45, 7) is 9.65. The Morgan fingerprint density at radius 1 is 1.47 bits per heavy atom. The maximum Gasteiger partial charge on any atom is 0.141 e. The van der Waals surface area contributed by atoms with Crippen LogP contribution in [0.2, 0.25) is 0 Å². The van der Waals surface area contributed by atoms with Crippen molar-refractivity contribution >= 4 is 0 Å². The second-order valence-electron chi connectivity index (χ2n) is 4.76. The monoisotopic (exact) mass is 237 g/mol. The Morgan fingerprint density at radius 3 is 3.18 bits per heavy atom. The lowest BCUT2D eigenvalue weighted by atomic mass is 10.2. The van der Waals surface area contributed by atoms with Gasteiger partial charge in [0, 0.05) is 25.7 Å². The van der Waals surface area contributed by atoms with Crippen LogP contribution in [-0.4, -0.2) is 45.3 Å². The van der Waals surface area contributed by atoms with Crippen molar-refractivity contribution in [2.75, 3.05) is 19.6 Å². The fraction of sp³-hybridized carbons (Fsp3) is 0.833. The summed E-state index contributed by atoms with van der Waals surface area (Å²) in [5.41, 5.74) is 0. The molecule has 1 atom stereocenters. The summed E-state index contributed by atoms with van der Waals surface area (Å²) in [4.78, 5) is 6.88. The average Bonchev–Trinajstić information content (AvgIpc) is 2.64. The first-order chi connectivity index (χ1) is 8.31. The van der Waals surface area contributed by atoms with Gasteiger partial charge < -0.3 is 5.32 Å². The van der Waals surface area contributed by atoms with E-state index in [4.69, 9.17) is 0 Å². The first kappa shape index (κ1) is 12.5. The zero-order chi connectivity index (χ0) is 12.1. The van der Waals surface area contributed by atoms with Crippen molar-refractivity contribution < 1.29 is 0 Å². The van der Waals surface area contributed by atoms with E-state index < -0.39 is 0 Å². The molecule has 5 nitrogen and oxygen atoms in total. The Hall–Kier alpha value is -0.940. The minimum atomic E-state index is 0.622. The standard InChI is InChI=1S/C12H23N5/c1-3-7-17-12(14-10-15-17)9-16-8-6-13-5-4-11(16)2/h10-11,13H,3-9H2,1-2H3. The van der Waals surface area contributed by atoms with Gasteiger partial charge in [0.05, 0.1) is 6.54 Å². The molecule has 1 unspecified atom stereocenters. The zero-order valence-corrected chi connectivity index (χ0v) is 10.9. The third-order valence-corrected chi connectivity index (χ3v) is 3.41. The van der Waals surface area contributed by atoms with Crippen LogP contribution in [0.4, 0.5) is 0 Å². The van der Waals surface area contributed by atoms with E-state index in [1.807, 2.05) is 4.68 Å². The van der Waals surface area contributed by atoms with Crippen molar-refractivity contribution in [1.82, 2.24) is 25.0 Å². The van der Waals surface area contributed by atoms with Crippen LogP contribution in [0.1, 0.15) is 32.5 Å². The Labute approximate surface area is 103 Å². The molecule has 1 aliphatic heterocycles. The summed E-state index contributed by atoms with van der Waals surface area (Å²) < 4.78 is 2.03. The molecule has 0 saturated carbocycles. The van der Waals surface area contributed by atoms with Gasteiger partial charge in [0.15, 0.2) is 0 Å². The molecule has 0 aliphatic carbocycles. The molecule has 0 bridgehead atoms. The van der Waals surface area contributed by atoms with Crippen molar-refractivity contribution in [2.45, 2.75) is 45.8 Å². The molecule has 1 fully saturated rings. The second kappa shape index (κ2) is 6.12. The molecule has 5 heteroatoms. The molecule has 1 aromatic rings. The fourth-order valence-corrected chi connectivity index (χ4v) is 2.29. The van der Waals surface area contributed by atoms with Crippen LogP contribution >= 0.6 is 0 Å². The molecule has 1 aromatic heterocycles. The maximum atomic E-state index is 4.38. The summed E-state index contributed by atoms with van der Waals surface area (Å²) in [6.07, 6.45) is 3.99. The van der Waals surface area contributed by atoms with Crippen molar-refractivity contribution in [3.63, 3.8) is 0 Å². The number of nitrogens with zero attached hydrogens (tertiary/aromatic N) is 4. The van der Waals surface area contributed by atoms with E-state index in [1.165, 1.54) is 6.42 Å². The molecular formula is C12H23N5. The third kappa shape index (κ3) is 3.26. The minimum absolute atomic E-state index is 0.622. The quantitative estimate of drug-likeness (QED) is 0.844. The van der Waals surface area contributed by atoms with E-state index >= 15 is 0 Å². The van der Waals surface area contributed by atoms with E-state index in [0.717, 1.165) is 45.0 Å². The number of hydrogen-bond donors (Lipinski definition) is 1. The van der Waals surface area contributed by atoms with Gasteiger partial charge in [-0.15, -0.1) is 0 Å². The molecule has 1 aliphatic rings. The van der Waals surface area contributed by atoms with Crippen LogP contribution < -0.4 is 5.32 Å². The predicted molar refractivity (Wildman–Crippen MR) is 67.7 cm³/mol. The first-order valence-corrected chi connectivity index (χ1v) is 6.62. The van der Waals surface area contributed by atoms with Gasteiger partial charge in [-0.1, -0.05) is 6.92 Å². The lowest BCUT2D eigenvalue weighted by Crippen LogP contribution is -2.34. The highest BCUT2D eigenvalue weighted by Gasteiger charge is 2.18. The zero-order valence-electron chi connectivity index (χ0n) is 10.9. The van der Waals surface area contributed by atoms with E-state index in [0.29, 0.717) is 6.04 Å². The van der Waals surface area contributed by atoms with Crippen molar-refractivity contribution in [3.8, 4) is 0 Å². The normalized spacial score (nSPS) is 22.6. The SMILES string of the molecule is CCCn1ncnc1CN1CCNCCC1C. The van der Waals surface area contributed by atoms with Crippen molar-refractivity contribution in [2.24, 2.45) is 0 Å². The molecule has 2 heterocycles. The molecule has 0 amide bonds. The van der Waals surface area contributed by atoms with Crippen LogP contribution in [0.25, 0.3) is 0 Å². The molecule has 1 saturated heterocycles. The predicted octanol–water partition coefficient (Wildman–Crippen LogP) is 0.872. The molecule has 96 valence electrons. The van der Waals surface area contributed by atoms with Crippen LogP contribution in [-0.2, 0) is 13.1 Å². The summed E-state index contributed by atoms with van der Waals surface area (Å²) in [7, 11) is 0. The maximum absolute atomic E-state index is 4.38. The summed E-state index contributed by atoms with van der Waals surface area (Å²) in [6, 6.07) is 0.622. The van der Waals surface area contributed by atoms with E-state index in [-0.39, 0.29) is 0 Å². The second-order valence-corrected chi connectivity index (χ2v) is 4.76. The lowest BCUT2D eigenvalue weighted by Gasteiger charge is -2.25. The highest BCUT2D eigenvalue weighted by molar-refractivity contribution is 4.87. The van der Waals surface area contributed by atoms with Crippen LogP contribution in [0, 0.1) is 0 Å². The van der Waals surface area contributed by atoms with Gasteiger partial charge >= 0.3 is 0 Å². The third-order valence-electron chi connectivity index (χ3n) is 3.41. The van der Waals surface area contributed by atoms with Gasteiger partial charge in [-0.05, 0) is 26.3 Å². The van der Waals surface area contributed by atoms with Crippen LogP contribution in [0.15, 0.2) is 6.33 Å². The Morgan fingerprint density at radius 2 is 2.35 bits per heavy atom. The van der Waals surface area contributed by atoms with E-state index in [2.05, 4.69) is 34.1 Å². The smallest absolute Gasteiger partial charge is 0.141 e. The largest absolute Gasteiger partial charge is 0.315 e. The highest BCUT2D eigenvalue weighted by Crippen LogP contribution is 2.10. The summed E-state index contributed by atoms with van der Waals surface area (Å²) >= 11 is 0. The summed E-state index contributed by atoms with van der Waals surface area (Å²) in [5, 5.41) is 7.73. The number of rotatable bonds is 4. The van der Waals surface area contributed by atoms with Gasteiger partial charge in [-0.25, -0.2) is 9.67 Å². The Balaban J connectivity index is 2.00. The Kier molecular flexibility index (Phi) is 4.50. The minimum Gasteiger partial charge on any atom is -0.315 e. The first-order valence-electron chi connectivity index (χ1n) is 6.62. The molecule has 0 aromatic carbocycles. The lowest BCUT2D eigenvalue weighted by molar-refractivity contribution is 0.202. The molecule has 0 radical (unpaired) electrons. The molecule has 17 heavy (non-hydrogen) atoms. The average molecular weight is 237 g/mol. The van der Waals surface area contributed by atoms with Gasteiger partial charge in [-0.2, -0.15) is 5.10 Å². The molecular weight excluding hydrogens is 214 g/mol. The molecule has 0 spiro atoms. The van der Waals surface area contributed by atoms with E-state index in [9.17, 15) is 0 Å². The topological polar surface area (TPSA) is 46.0 Å². The van der Waals surface area contributed by atoms with Crippen molar-refractivity contribution in [1.29, 1.82) is 0 Å². The van der Waals surface area contributed by atoms with Gasteiger partial charge in [0.2, 0.25) is 0 Å². The fourth-order valence-electron chi connectivity index (χ4n) is 2.29. The number of nitrogens with one attached hydrogen (secondary N) is 1. The Bertz CT molecular complexity index is 335. The van der Waals surface area contributed by atoms with Gasteiger partial charge in [-0.3, -0.25) is 4.90 Å². The van der Waals surface area contributed by atoms with Crippen LogP contribution in [0.3, 0.4) is 0 Å². The number of aromatic nitrogens is 3. The number of aryl methyl sites for hydroxylation is 1. The molecule has 2 rings (SSSR count). The van der Waals surface area contributed by atoms with Gasteiger partial charge in [0.1, 0.15) is 12.2 Å².